The number of benzene rings is 3. The average Bonchev–Trinajstić information content (AvgIpc) is 3.25. The number of thiazole rings is 1. The molecule has 1 N–H and O–H groups in total. The standard InChI is InChI=1S/C26H25N3O2S/c1-17-13-14-20(15-18(17)2)23-25(19-9-6-5-7-10-19)32-26(28-23)29-27-16-21-11-8-12-22(30-3)24(21)31-4/h5-16H,1-4H3,(H,28,29)/b27-16-. The van der Waals surface area contributed by atoms with Gasteiger partial charge in [-0.05, 0) is 48.7 Å². The summed E-state index contributed by atoms with van der Waals surface area (Å²) < 4.78 is 10.8. The summed E-state index contributed by atoms with van der Waals surface area (Å²) in [6.07, 6.45) is 1.71. The predicted octanol–water partition coefficient (Wildman–Crippen LogP) is 6.56. The summed E-state index contributed by atoms with van der Waals surface area (Å²) in [4.78, 5) is 5.98. The second-order valence-corrected chi connectivity index (χ2v) is 8.31. The van der Waals surface area contributed by atoms with Crippen molar-refractivity contribution in [3.8, 4) is 33.2 Å². The van der Waals surface area contributed by atoms with E-state index in [0.717, 1.165) is 32.4 Å². The van der Waals surface area contributed by atoms with Gasteiger partial charge in [0.2, 0.25) is 5.13 Å². The Labute approximate surface area is 192 Å². The van der Waals surface area contributed by atoms with Crippen molar-refractivity contribution in [2.45, 2.75) is 13.8 Å². The number of nitrogens with zero attached hydrogens (tertiary/aromatic N) is 2. The van der Waals surface area contributed by atoms with Gasteiger partial charge < -0.3 is 9.47 Å². The number of hydrogen-bond acceptors (Lipinski definition) is 6. The quantitative estimate of drug-likeness (QED) is 0.260. The molecule has 6 heteroatoms. The molecule has 0 unspecified atom stereocenters. The molecule has 4 aromatic rings. The van der Waals surface area contributed by atoms with Crippen LogP contribution in [0.15, 0.2) is 71.8 Å². The van der Waals surface area contributed by atoms with Crippen LogP contribution in [0.2, 0.25) is 0 Å². The van der Waals surface area contributed by atoms with Crippen molar-refractivity contribution in [2.75, 3.05) is 19.6 Å². The molecule has 162 valence electrons. The highest BCUT2D eigenvalue weighted by molar-refractivity contribution is 7.19. The van der Waals surface area contributed by atoms with Crippen LogP contribution in [0.1, 0.15) is 16.7 Å². The number of nitrogens with one attached hydrogen (secondary N) is 1. The van der Waals surface area contributed by atoms with E-state index in [2.05, 4.69) is 54.7 Å². The van der Waals surface area contributed by atoms with Gasteiger partial charge in [0, 0.05) is 11.1 Å². The minimum atomic E-state index is 0.639. The van der Waals surface area contributed by atoms with E-state index in [1.807, 2.05) is 36.4 Å². The number of aromatic nitrogens is 1. The number of aryl methyl sites for hydroxylation is 2. The Kier molecular flexibility index (Phi) is 6.52. The number of anilines is 1. The third kappa shape index (κ3) is 4.50. The maximum atomic E-state index is 5.47. The Morgan fingerprint density at radius 3 is 2.41 bits per heavy atom. The third-order valence-corrected chi connectivity index (χ3v) is 6.25. The van der Waals surface area contributed by atoms with Gasteiger partial charge in [-0.2, -0.15) is 5.10 Å². The molecule has 0 saturated heterocycles. The zero-order valence-corrected chi connectivity index (χ0v) is 19.4. The molecule has 3 aromatic carbocycles. The molecule has 0 aliphatic heterocycles. The Bertz CT molecular complexity index is 1250. The number of ether oxygens (including phenoxy) is 2. The van der Waals surface area contributed by atoms with E-state index in [-0.39, 0.29) is 0 Å². The number of hydrazone groups is 1. The molecule has 0 aliphatic carbocycles. The van der Waals surface area contributed by atoms with Crippen molar-refractivity contribution in [3.05, 3.63) is 83.4 Å². The predicted molar refractivity (Wildman–Crippen MR) is 133 cm³/mol. The molecule has 0 spiro atoms. The minimum Gasteiger partial charge on any atom is -0.493 e. The molecule has 1 heterocycles. The van der Waals surface area contributed by atoms with E-state index in [0.29, 0.717) is 11.5 Å². The second kappa shape index (κ2) is 9.66. The number of rotatable bonds is 7. The first-order valence-corrected chi connectivity index (χ1v) is 11.1. The van der Waals surface area contributed by atoms with Crippen LogP contribution >= 0.6 is 11.3 Å². The largest absolute Gasteiger partial charge is 0.493 e. The van der Waals surface area contributed by atoms with Crippen LogP contribution in [-0.2, 0) is 0 Å². The smallest absolute Gasteiger partial charge is 0.204 e. The fraction of sp³-hybridized carbons (Fsp3) is 0.154. The van der Waals surface area contributed by atoms with Gasteiger partial charge in [-0.15, -0.1) is 0 Å². The lowest BCUT2D eigenvalue weighted by Crippen LogP contribution is -1.96. The van der Waals surface area contributed by atoms with Gasteiger partial charge in [0.1, 0.15) is 0 Å². The van der Waals surface area contributed by atoms with E-state index in [1.54, 1.807) is 31.8 Å². The van der Waals surface area contributed by atoms with Gasteiger partial charge in [-0.1, -0.05) is 59.9 Å². The molecular weight excluding hydrogens is 418 g/mol. The highest BCUT2D eigenvalue weighted by Crippen LogP contribution is 2.39. The molecule has 0 bridgehead atoms. The maximum absolute atomic E-state index is 5.47. The van der Waals surface area contributed by atoms with Gasteiger partial charge in [0.25, 0.3) is 0 Å². The van der Waals surface area contributed by atoms with Gasteiger partial charge in [0.15, 0.2) is 11.5 Å². The van der Waals surface area contributed by atoms with Gasteiger partial charge >= 0.3 is 0 Å². The third-order valence-electron chi connectivity index (χ3n) is 5.24. The zero-order chi connectivity index (χ0) is 22.5. The summed E-state index contributed by atoms with van der Waals surface area (Å²) in [5.74, 6) is 1.30. The molecule has 0 amide bonds. The van der Waals surface area contributed by atoms with Crippen LogP contribution in [-0.4, -0.2) is 25.4 Å². The number of methoxy groups -OCH3 is 2. The lowest BCUT2D eigenvalue weighted by Gasteiger charge is -2.09. The highest BCUT2D eigenvalue weighted by atomic mass is 32.1. The van der Waals surface area contributed by atoms with Crippen LogP contribution in [0.5, 0.6) is 11.5 Å². The minimum absolute atomic E-state index is 0.639. The fourth-order valence-electron chi connectivity index (χ4n) is 3.41. The maximum Gasteiger partial charge on any atom is 0.204 e. The molecular formula is C26H25N3O2S. The van der Waals surface area contributed by atoms with Crippen LogP contribution in [0.3, 0.4) is 0 Å². The summed E-state index contributed by atoms with van der Waals surface area (Å²) in [6.45, 7) is 4.24. The summed E-state index contributed by atoms with van der Waals surface area (Å²) in [5.41, 5.74) is 9.58. The zero-order valence-electron chi connectivity index (χ0n) is 18.5. The first-order valence-electron chi connectivity index (χ1n) is 10.2. The topological polar surface area (TPSA) is 55.7 Å². The lowest BCUT2D eigenvalue weighted by molar-refractivity contribution is 0.354. The first-order chi connectivity index (χ1) is 15.6. The molecule has 0 saturated carbocycles. The Balaban J connectivity index is 1.68. The van der Waals surface area contributed by atoms with Gasteiger partial charge in [-0.25, -0.2) is 4.98 Å². The molecule has 0 aliphatic rings. The molecule has 0 fully saturated rings. The van der Waals surface area contributed by atoms with Crippen molar-refractivity contribution in [1.82, 2.24) is 4.98 Å². The van der Waals surface area contributed by atoms with Gasteiger partial charge in [-0.3, -0.25) is 5.43 Å². The molecule has 4 rings (SSSR count). The number of para-hydroxylation sites is 1. The van der Waals surface area contributed by atoms with E-state index in [4.69, 9.17) is 14.5 Å². The van der Waals surface area contributed by atoms with Crippen molar-refractivity contribution in [3.63, 3.8) is 0 Å². The fourth-order valence-corrected chi connectivity index (χ4v) is 4.35. The summed E-state index contributed by atoms with van der Waals surface area (Å²) in [5, 5.41) is 5.12. The highest BCUT2D eigenvalue weighted by Gasteiger charge is 2.15. The van der Waals surface area contributed by atoms with E-state index < -0.39 is 0 Å². The first kappa shape index (κ1) is 21.6. The van der Waals surface area contributed by atoms with Crippen molar-refractivity contribution < 1.29 is 9.47 Å². The summed E-state index contributed by atoms with van der Waals surface area (Å²) in [6, 6.07) is 22.4. The van der Waals surface area contributed by atoms with Crippen LogP contribution < -0.4 is 14.9 Å². The van der Waals surface area contributed by atoms with Crippen LogP contribution in [0, 0.1) is 13.8 Å². The summed E-state index contributed by atoms with van der Waals surface area (Å²) in [7, 11) is 3.23. The van der Waals surface area contributed by atoms with E-state index >= 15 is 0 Å². The summed E-state index contributed by atoms with van der Waals surface area (Å²) >= 11 is 1.58. The van der Waals surface area contributed by atoms with Crippen LogP contribution in [0.4, 0.5) is 5.13 Å². The van der Waals surface area contributed by atoms with E-state index in [9.17, 15) is 0 Å². The van der Waals surface area contributed by atoms with Crippen LogP contribution in [0.25, 0.3) is 21.7 Å². The average molecular weight is 444 g/mol. The Morgan fingerprint density at radius 1 is 0.875 bits per heavy atom. The van der Waals surface area contributed by atoms with E-state index in [1.165, 1.54) is 11.1 Å². The lowest BCUT2D eigenvalue weighted by atomic mass is 10.0. The van der Waals surface area contributed by atoms with Crippen molar-refractivity contribution in [1.29, 1.82) is 0 Å². The number of hydrogen-bond donors (Lipinski definition) is 1. The molecule has 5 nitrogen and oxygen atoms in total. The Morgan fingerprint density at radius 2 is 1.69 bits per heavy atom. The molecule has 1 aromatic heterocycles. The van der Waals surface area contributed by atoms with Crippen molar-refractivity contribution >= 4 is 22.7 Å². The normalized spacial score (nSPS) is 11.0. The monoisotopic (exact) mass is 443 g/mol. The second-order valence-electron chi connectivity index (χ2n) is 7.31. The van der Waals surface area contributed by atoms with Crippen molar-refractivity contribution in [2.24, 2.45) is 5.10 Å². The molecule has 32 heavy (non-hydrogen) atoms. The molecule has 0 radical (unpaired) electrons. The van der Waals surface area contributed by atoms with Gasteiger partial charge in [0.05, 0.1) is 31.0 Å². The molecule has 0 atom stereocenters. The Hall–Kier alpha value is -3.64. The SMILES string of the molecule is COc1cccc(/C=N\Nc2nc(-c3ccc(C)c(C)c3)c(-c3ccccc3)s2)c1OC.